The molecule has 0 saturated heterocycles. The molecule has 5 heteroatoms. The lowest BCUT2D eigenvalue weighted by Crippen LogP contribution is -2.05. The molecule has 0 N–H and O–H groups in total. The zero-order chi connectivity index (χ0) is 42.2. The number of fused-ring (bicyclic) bond motifs is 6. The summed E-state index contributed by atoms with van der Waals surface area (Å²) in [6, 6.07) is 50.1. The molecule has 0 unspecified atom stereocenters. The van der Waals surface area contributed by atoms with Crippen molar-refractivity contribution in [3.63, 3.8) is 0 Å². The van der Waals surface area contributed by atoms with Crippen LogP contribution in [0.15, 0.2) is 194 Å². The summed E-state index contributed by atoms with van der Waals surface area (Å²) >= 11 is 1.68. The van der Waals surface area contributed by atoms with E-state index in [4.69, 9.17) is 17.7 Å². The summed E-state index contributed by atoms with van der Waals surface area (Å²) in [5, 5.41) is 2.55. The van der Waals surface area contributed by atoms with Crippen molar-refractivity contribution in [2.24, 2.45) is 0 Å². The molecule has 3 heterocycles. The maximum atomic E-state index is 9.44. The van der Waals surface area contributed by atoms with Crippen LogP contribution in [0.1, 0.15) is 8.22 Å². The van der Waals surface area contributed by atoms with Crippen molar-refractivity contribution in [3.8, 4) is 62.1 Å². The van der Waals surface area contributed by atoms with Gasteiger partial charge in [0.25, 0.3) is 0 Å². The summed E-state index contributed by atoms with van der Waals surface area (Å²) in [4.78, 5) is 15.6. The van der Waals surface area contributed by atoms with E-state index in [1.807, 2.05) is 103 Å². The van der Waals surface area contributed by atoms with Crippen molar-refractivity contribution in [2.45, 2.75) is 0 Å². The lowest BCUT2D eigenvalue weighted by Gasteiger charge is -2.19. The van der Waals surface area contributed by atoms with Crippen LogP contribution in [-0.4, -0.2) is 19.5 Å². The molecule has 8 aromatic carbocycles. The highest BCUT2D eigenvalue weighted by molar-refractivity contribution is 7.26. The van der Waals surface area contributed by atoms with Crippen LogP contribution in [0.4, 0.5) is 0 Å². The first kappa shape index (κ1) is 26.5. The monoisotopic (exact) mass is 738 g/mol. The first-order valence-electron chi connectivity index (χ1n) is 21.3. The van der Waals surface area contributed by atoms with Gasteiger partial charge in [-0.1, -0.05) is 170 Å². The van der Waals surface area contributed by atoms with E-state index in [0.717, 1.165) is 53.6 Å². The number of nitrogens with zero attached hydrogens (tertiary/aromatic N) is 4. The topological polar surface area (TPSA) is 43.6 Å². The number of benzene rings is 8. The lowest BCUT2D eigenvalue weighted by atomic mass is 9.97. The molecule has 0 amide bonds. The van der Waals surface area contributed by atoms with Crippen molar-refractivity contribution in [1.29, 1.82) is 0 Å². The van der Waals surface area contributed by atoms with E-state index in [1.54, 1.807) is 15.9 Å². The Morgan fingerprint density at radius 3 is 1.68 bits per heavy atom. The van der Waals surface area contributed by atoms with Gasteiger partial charge in [-0.15, -0.1) is 11.3 Å². The van der Waals surface area contributed by atoms with Gasteiger partial charge in [-0.3, -0.25) is 0 Å². The van der Waals surface area contributed by atoms with Crippen LogP contribution in [0.2, 0.25) is 0 Å². The Balaban J connectivity index is 1.32. The quantitative estimate of drug-likeness (QED) is 0.171. The molecule has 0 fully saturated rings. The number of rotatable bonds is 6. The van der Waals surface area contributed by atoms with E-state index in [9.17, 15) is 5.48 Å². The Kier molecular flexibility index (Phi) is 6.29. The highest BCUT2D eigenvalue weighted by Gasteiger charge is 2.24. The van der Waals surface area contributed by atoms with Crippen LogP contribution >= 0.6 is 11.3 Å². The number of hydrogen-bond donors (Lipinski definition) is 0. The summed E-state index contributed by atoms with van der Waals surface area (Å²) in [7, 11) is 0. The summed E-state index contributed by atoms with van der Waals surface area (Å²) in [6.45, 7) is 0. The van der Waals surface area contributed by atoms with Crippen molar-refractivity contribution >= 4 is 53.3 Å². The van der Waals surface area contributed by atoms with Gasteiger partial charge >= 0.3 is 0 Å². The Labute approximate surface area is 336 Å². The molecule has 56 heavy (non-hydrogen) atoms. The fraction of sp³-hybridized carbons (Fsp3) is 0. The third-order valence-corrected chi connectivity index (χ3v) is 11.5. The number of thiophene rings is 1. The SMILES string of the molecule is [2H]c1cc([2H])c2c(c1[2H])c1c([2H])c([2H])cc([2H])c1n2-c1c(-c2nc(-c3ccccc3)nc(-c3ccccc3-c3ccccc3)n2)cccc1-c1cccc2c1sc1ccccc12. The average Bonchev–Trinajstić information content (AvgIpc) is 3.88. The van der Waals surface area contributed by atoms with E-state index in [2.05, 4.69) is 42.5 Å². The highest BCUT2D eigenvalue weighted by Crippen LogP contribution is 2.46. The molecule has 0 radical (unpaired) electrons. The molecule has 0 bridgehead atoms. The Hall–Kier alpha value is -7.21. The minimum absolute atomic E-state index is 0.0542. The van der Waals surface area contributed by atoms with E-state index in [0.29, 0.717) is 28.7 Å². The van der Waals surface area contributed by atoms with Crippen molar-refractivity contribution in [2.75, 3.05) is 0 Å². The molecule has 0 aliphatic carbocycles. The zero-order valence-electron chi connectivity index (χ0n) is 35.7. The first-order valence-corrected chi connectivity index (χ1v) is 19.1. The Morgan fingerprint density at radius 2 is 0.929 bits per heavy atom. The predicted molar refractivity (Wildman–Crippen MR) is 234 cm³/mol. The smallest absolute Gasteiger partial charge is 0.166 e. The summed E-state index contributed by atoms with van der Waals surface area (Å²) < 4.78 is 58.6. The molecule has 0 spiro atoms. The minimum Gasteiger partial charge on any atom is -0.308 e. The highest BCUT2D eigenvalue weighted by atomic mass is 32.1. The molecular weight excluding hydrogens is 701 g/mol. The standard InChI is InChI=1S/C51H32N4S/c1-3-17-33(18-4-1)35-21-7-8-25-42(35)50-52-49(34-19-5-2-6-20-34)53-51(54-50)43-29-15-26-39(41-28-16-27-40-38-24-11-14-32-46(38)56-48(40)41)47(43)55-44-30-12-9-22-36(44)37-23-10-13-31-45(37)55/h1-32H/i9D,10D,22D,23D,30D,31D. The molecule has 4 nitrogen and oxygen atoms in total. The lowest BCUT2D eigenvalue weighted by molar-refractivity contribution is 1.07. The Bertz CT molecular complexity index is 3530. The van der Waals surface area contributed by atoms with Crippen molar-refractivity contribution in [1.82, 2.24) is 19.5 Å². The second-order valence-electron chi connectivity index (χ2n) is 13.5. The van der Waals surface area contributed by atoms with Gasteiger partial charge in [-0.25, -0.2) is 15.0 Å². The summed E-state index contributed by atoms with van der Waals surface area (Å²) in [6.07, 6.45) is 0. The van der Waals surface area contributed by atoms with Gasteiger partial charge in [0, 0.05) is 58.8 Å². The maximum absolute atomic E-state index is 9.44. The molecule has 262 valence electrons. The second-order valence-corrected chi connectivity index (χ2v) is 14.5. The van der Waals surface area contributed by atoms with Gasteiger partial charge < -0.3 is 4.57 Å². The number of aromatic nitrogens is 4. The van der Waals surface area contributed by atoms with Gasteiger partial charge in [0.15, 0.2) is 17.5 Å². The molecular formula is C51H32N4S. The van der Waals surface area contributed by atoms with E-state index in [-0.39, 0.29) is 58.1 Å². The zero-order valence-corrected chi connectivity index (χ0v) is 30.5. The molecule has 0 aliphatic heterocycles. The maximum Gasteiger partial charge on any atom is 0.166 e. The van der Waals surface area contributed by atoms with Gasteiger partial charge in [-0.05, 0) is 35.3 Å². The van der Waals surface area contributed by atoms with Crippen LogP contribution in [-0.2, 0) is 0 Å². The molecule has 11 rings (SSSR count). The molecule has 11 aromatic rings. The van der Waals surface area contributed by atoms with Gasteiger partial charge in [0.2, 0.25) is 0 Å². The fourth-order valence-electron chi connectivity index (χ4n) is 7.76. The Morgan fingerprint density at radius 1 is 0.393 bits per heavy atom. The van der Waals surface area contributed by atoms with Crippen molar-refractivity contribution in [3.05, 3.63) is 194 Å². The summed E-state index contributed by atoms with van der Waals surface area (Å²) in [5.74, 6) is 1.22. The van der Waals surface area contributed by atoms with Crippen molar-refractivity contribution < 1.29 is 8.22 Å². The first-order chi connectivity index (χ1) is 30.3. The van der Waals surface area contributed by atoms with E-state index in [1.165, 1.54) is 12.1 Å². The summed E-state index contributed by atoms with van der Waals surface area (Å²) in [5.41, 5.74) is 6.75. The third-order valence-electron chi connectivity index (χ3n) is 10.2. The third kappa shape index (κ3) is 5.24. The van der Waals surface area contributed by atoms with Gasteiger partial charge in [0.1, 0.15) is 0 Å². The number of para-hydroxylation sites is 3. The van der Waals surface area contributed by atoms with Crippen LogP contribution in [0.5, 0.6) is 0 Å². The predicted octanol–water partition coefficient (Wildman–Crippen LogP) is 13.7. The average molecular weight is 739 g/mol. The van der Waals surface area contributed by atoms with E-state index < -0.39 is 0 Å². The fourth-order valence-corrected chi connectivity index (χ4v) is 8.99. The van der Waals surface area contributed by atoms with Gasteiger partial charge in [0.05, 0.1) is 24.9 Å². The molecule has 3 aromatic heterocycles. The van der Waals surface area contributed by atoms with E-state index >= 15 is 0 Å². The second kappa shape index (κ2) is 13.3. The molecule has 0 atom stereocenters. The largest absolute Gasteiger partial charge is 0.308 e. The van der Waals surface area contributed by atoms with Crippen LogP contribution in [0.25, 0.3) is 104 Å². The number of hydrogen-bond acceptors (Lipinski definition) is 4. The minimum atomic E-state index is -0.185. The van der Waals surface area contributed by atoms with Crippen LogP contribution in [0.3, 0.4) is 0 Å². The normalized spacial score (nSPS) is 13.1. The molecule has 0 saturated carbocycles. The molecule has 0 aliphatic rings. The van der Waals surface area contributed by atoms with Crippen LogP contribution in [0, 0.1) is 0 Å². The van der Waals surface area contributed by atoms with Crippen LogP contribution < -0.4 is 0 Å². The van der Waals surface area contributed by atoms with Gasteiger partial charge in [-0.2, -0.15) is 0 Å².